The van der Waals surface area contributed by atoms with Gasteiger partial charge in [0.15, 0.2) is 5.82 Å². The topological polar surface area (TPSA) is 71.2 Å². The van der Waals surface area contributed by atoms with E-state index in [0.29, 0.717) is 18.3 Å². The van der Waals surface area contributed by atoms with Crippen LogP contribution >= 0.6 is 0 Å². The zero-order chi connectivity index (χ0) is 15.2. The molecule has 3 rings (SSSR count). The number of aromatic nitrogens is 2. The second kappa shape index (κ2) is 6.98. The van der Waals surface area contributed by atoms with E-state index < -0.39 is 0 Å². The first kappa shape index (κ1) is 14.4. The molecule has 5 heteroatoms. The average Bonchev–Trinajstić information content (AvgIpc) is 3.06. The predicted molar refractivity (Wildman–Crippen MR) is 82.8 cm³/mol. The van der Waals surface area contributed by atoms with Crippen LogP contribution in [0.5, 0.6) is 0 Å². The summed E-state index contributed by atoms with van der Waals surface area (Å²) in [5.74, 6) is 1.06. The lowest BCUT2D eigenvalue weighted by Crippen LogP contribution is -2.24. The van der Waals surface area contributed by atoms with Crippen molar-refractivity contribution in [1.82, 2.24) is 15.5 Å². The van der Waals surface area contributed by atoms with Crippen molar-refractivity contribution in [1.29, 1.82) is 0 Å². The van der Waals surface area contributed by atoms with Crippen LogP contribution in [-0.2, 0) is 6.54 Å². The Labute approximate surface area is 128 Å². The van der Waals surface area contributed by atoms with Crippen LogP contribution in [0.1, 0.15) is 17.4 Å². The molecule has 0 saturated carbocycles. The number of nitrogens with one attached hydrogen (secondary N) is 1. The second-order valence-corrected chi connectivity index (χ2v) is 4.91. The zero-order valence-electron chi connectivity index (χ0n) is 12.0. The molecule has 0 saturated heterocycles. The van der Waals surface area contributed by atoms with Crippen molar-refractivity contribution >= 4 is 0 Å². The minimum atomic E-state index is -0.153. The van der Waals surface area contributed by atoms with E-state index in [1.54, 1.807) is 0 Å². The summed E-state index contributed by atoms with van der Waals surface area (Å²) in [6, 6.07) is 19.3. The third-order valence-electron chi connectivity index (χ3n) is 3.38. The SMILES string of the molecule is OC[C@@H](NCc1noc(-c2ccccc2)n1)c1ccccc1. The molecule has 0 bridgehead atoms. The fourth-order valence-corrected chi connectivity index (χ4v) is 2.21. The van der Waals surface area contributed by atoms with Gasteiger partial charge in [0.05, 0.1) is 19.2 Å². The maximum atomic E-state index is 9.51. The van der Waals surface area contributed by atoms with Gasteiger partial charge in [-0.25, -0.2) is 0 Å². The molecule has 0 aliphatic heterocycles. The molecular weight excluding hydrogens is 278 g/mol. The van der Waals surface area contributed by atoms with E-state index >= 15 is 0 Å². The van der Waals surface area contributed by atoms with Crippen LogP contribution < -0.4 is 5.32 Å². The lowest BCUT2D eigenvalue weighted by atomic mass is 10.1. The van der Waals surface area contributed by atoms with Gasteiger partial charge in [0, 0.05) is 5.56 Å². The quantitative estimate of drug-likeness (QED) is 0.731. The number of aliphatic hydroxyl groups excluding tert-OH is 1. The molecule has 1 aromatic heterocycles. The van der Waals surface area contributed by atoms with Gasteiger partial charge in [-0.05, 0) is 17.7 Å². The summed E-state index contributed by atoms with van der Waals surface area (Å²) in [6.45, 7) is 0.434. The smallest absolute Gasteiger partial charge is 0.257 e. The van der Waals surface area contributed by atoms with Crippen molar-refractivity contribution in [2.24, 2.45) is 0 Å². The molecule has 0 radical (unpaired) electrons. The minimum absolute atomic E-state index is 0.00735. The molecule has 5 nitrogen and oxygen atoms in total. The average molecular weight is 295 g/mol. The highest BCUT2D eigenvalue weighted by Crippen LogP contribution is 2.17. The van der Waals surface area contributed by atoms with Crippen LogP contribution in [0, 0.1) is 0 Å². The van der Waals surface area contributed by atoms with Crippen molar-refractivity contribution in [3.63, 3.8) is 0 Å². The van der Waals surface area contributed by atoms with Crippen LogP contribution in [-0.4, -0.2) is 21.9 Å². The van der Waals surface area contributed by atoms with Gasteiger partial charge in [0.25, 0.3) is 5.89 Å². The molecule has 1 heterocycles. The van der Waals surface area contributed by atoms with Crippen LogP contribution in [0.25, 0.3) is 11.5 Å². The minimum Gasteiger partial charge on any atom is -0.394 e. The Morgan fingerprint density at radius 1 is 1.00 bits per heavy atom. The number of hydrogen-bond donors (Lipinski definition) is 2. The van der Waals surface area contributed by atoms with Crippen molar-refractivity contribution in [3.05, 3.63) is 72.1 Å². The Morgan fingerprint density at radius 3 is 2.36 bits per heavy atom. The van der Waals surface area contributed by atoms with E-state index in [2.05, 4.69) is 15.5 Å². The van der Waals surface area contributed by atoms with Crippen LogP contribution in [0.2, 0.25) is 0 Å². The lowest BCUT2D eigenvalue weighted by molar-refractivity contribution is 0.242. The number of aliphatic hydroxyl groups is 1. The molecule has 112 valence electrons. The van der Waals surface area contributed by atoms with Crippen molar-refractivity contribution in [3.8, 4) is 11.5 Å². The fourth-order valence-electron chi connectivity index (χ4n) is 2.21. The first-order chi connectivity index (χ1) is 10.9. The van der Waals surface area contributed by atoms with Crippen molar-refractivity contribution in [2.75, 3.05) is 6.61 Å². The maximum Gasteiger partial charge on any atom is 0.257 e. The molecule has 0 aliphatic rings. The fraction of sp³-hybridized carbons (Fsp3) is 0.176. The summed E-state index contributed by atoms with van der Waals surface area (Å²) in [5, 5.41) is 16.7. The molecule has 0 spiro atoms. The van der Waals surface area contributed by atoms with Gasteiger partial charge in [0.2, 0.25) is 0 Å². The number of hydrogen-bond acceptors (Lipinski definition) is 5. The first-order valence-corrected chi connectivity index (χ1v) is 7.14. The van der Waals surface area contributed by atoms with Crippen molar-refractivity contribution in [2.45, 2.75) is 12.6 Å². The van der Waals surface area contributed by atoms with Crippen molar-refractivity contribution < 1.29 is 9.63 Å². The molecule has 22 heavy (non-hydrogen) atoms. The largest absolute Gasteiger partial charge is 0.394 e. The standard InChI is InChI=1S/C17H17N3O2/c21-12-15(13-7-3-1-4-8-13)18-11-16-19-17(22-20-16)14-9-5-2-6-10-14/h1-10,15,18,21H,11-12H2/t15-/m1/s1. The van der Waals surface area contributed by atoms with Gasteiger partial charge < -0.3 is 14.9 Å². The molecule has 1 atom stereocenters. The maximum absolute atomic E-state index is 9.51. The molecule has 2 N–H and O–H groups in total. The first-order valence-electron chi connectivity index (χ1n) is 7.14. The molecule has 0 aliphatic carbocycles. The molecule has 0 amide bonds. The Kier molecular flexibility index (Phi) is 4.58. The second-order valence-electron chi connectivity index (χ2n) is 4.91. The van der Waals surface area contributed by atoms with E-state index in [-0.39, 0.29) is 12.6 Å². The van der Waals surface area contributed by atoms with E-state index in [1.807, 2.05) is 60.7 Å². The highest BCUT2D eigenvalue weighted by atomic mass is 16.5. The van der Waals surface area contributed by atoms with Gasteiger partial charge in [0.1, 0.15) is 0 Å². The Hall–Kier alpha value is -2.50. The highest BCUT2D eigenvalue weighted by molar-refractivity contribution is 5.51. The van der Waals surface area contributed by atoms with Gasteiger partial charge in [-0.2, -0.15) is 4.98 Å². The predicted octanol–water partition coefficient (Wildman–Crippen LogP) is 2.56. The van der Waals surface area contributed by atoms with E-state index in [0.717, 1.165) is 11.1 Å². The van der Waals surface area contributed by atoms with Gasteiger partial charge in [-0.1, -0.05) is 53.7 Å². The summed E-state index contributed by atoms with van der Waals surface area (Å²) in [5.41, 5.74) is 1.92. The Balaban J connectivity index is 1.65. The normalized spacial score (nSPS) is 12.2. The summed E-state index contributed by atoms with van der Waals surface area (Å²) in [7, 11) is 0. The number of nitrogens with zero attached hydrogens (tertiary/aromatic N) is 2. The number of rotatable bonds is 6. The van der Waals surface area contributed by atoms with Crippen LogP contribution in [0.3, 0.4) is 0 Å². The molecule has 0 fully saturated rings. The summed E-state index contributed by atoms with van der Waals surface area (Å²) in [4.78, 5) is 4.36. The monoisotopic (exact) mass is 295 g/mol. The van der Waals surface area contributed by atoms with Gasteiger partial charge in [-0.15, -0.1) is 0 Å². The van der Waals surface area contributed by atoms with E-state index in [1.165, 1.54) is 0 Å². The summed E-state index contributed by atoms with van der Waals surface area (Å²) >= 11 is 0. The van der Waals surface area contributed by atoms with Crippen LogP contribution in [0.4, 0.5) is 0 Å². The molecule has 3 aromatic rings. The molecular formula is C17H17N3O2. The van der Waals surface area contributed by atoms with Gasteiger partial charge in [-0.3, -0.25) is 0 Å². The van der Waals surface area contributed by atoms with Gasteiger partial charge >= 0.3 is 0 Å². The molecule has 0 unspecified atom stereocenters. The van der Waals surface area contributed by atoms with Crippen LogP contribution in [0.15, 0.2) is 65.2 Å². The highest BCUT2D eigenvalue weighted by Gasteiger charge is 2.12. The zero-order valence-corrected chi connectivity index (χ0v) is 12.0. The Morgan fingerprint density at radius 2 is 1.68 bits per heavy atom. The van der Waals surface area contributed by atoms with E-state index in [4.69, 9.17) is 4.52 Å². The third kappa shape index (κ3) is 3.39. The number of benzene rings is 2. The third-order valence-corrected chi connectivity index (χ3v) is 3.38. The Bertz CT molecular complexity index is 698. The summed E-state index contributed by atoms with van der Waals surface area (Å²) < 4.78 is 5.26. The van der Waals surface area contributed by atoms with E-state index in [9.17, 15) is 5.11 Å². The summed E-state index contributed by atoms with van der Waals surface area (Å²) in [6.07, 6.45) is 0. The lowest BCUT2D eigenvalue weighted by Gasteiger charge is -2.15. The molecule has 2 aromatic carbocycles.